The van der Waals surface area contributed by atoms with Crippen LogP contribution in [0.25, 0.3) is 0 Å². The highest BCUT2D eigenvalue weighted by Crippen LogP contribution is 2.28. The fourth-order valence-corrected chi connectivity index (χ4v) is 3.22. The maximum absolute atomic E-state index is 6.11. The molecule has 3 rings (SSSR count). The van der Waals surface area contributed by atoms with Crippen molar-refractivity contribution < 1.29 is 4.74 Å². The molecule has 0 amide bonds. The second-order valence-corrected chi connectivity index (χ2v) is 7.02. The Morgan fingerprint density at radius 3 is 3.05 bits per heavy atom. The molecule has 1 aromatic carbocycles. The number of hydrogen-bond acceptors (Lipinski definition) is 4. The second-order valence-electron chi connectivity index (χ2n) is 4.75. The van der Waals surface area contributed by atoms with Crippen LogP contribution in [0.1, 0.15) is 23.5 Å². The molecule has 1 aromatic heterocycles. The lowest BCUT2D eigenvalue weighted by atomic mass is 10.3. The Morgan fingerprint density at radius 2 is 2.30 bits per heavy atom. The molecule has 0 saturated heterocycles. The first-order valence-corrected chi connectivity index (χ1v) is 8.50. The van der Waals surface area contributed by atoms with Crippen molar-refractivity contribution in [2.24, 2.45) is 0 Å². The van der Waals surface area contributed by atoms with Gasteiger partial charge in [-0.3, -0.25) is 0 Å². The third kappa shape index (κ3) is 3.95. The zero-order chi connectivity index (χ0) is 13.9. The monoisotopic (exact) mass is 372 g/mol. The molecule has 20 heavy (non-hydrogen) atoms. The van der Waals surface area contributed by atoms with Crippen LogP contribution in [0.5, 0.6) is 5.75 Å². The van der Waals surface area contributed by atoms with E-state index < -0.39 is 0 Å². The molecule has 1 saturated carbocycles. The molecular formula is C14H14BrClN2OS. The van der Waals surface area contributed by atoms with E-state index in [0.29, 0.717) is 23.4 Å². The smallest absolute Gasteiger partial charge is 0.138 e. The molecule has 1 fully saturated rings. The van der Waals surface area contributed by atoms with Crippen LogP contribution in [0.4, 0.5) is 0 Å². The molecule has 0 atom stereocenters. The first-order chi connectivity index (χ1) is 9.70. The first-order valence-electron chi connectivity index (χ1n) is 6.45. The maximum atomic E-state index is 6.11. The highest BCUT2D eigenvalue weighted by atomic mass is 79.9. The lowest BCUT2D eigenvalue weighted by Gasteiger charge is -2.06. The van der Waals surface area contributed by atoms with Crippen LogP contribution in [-0.2, 0) is 13.2 Å². The number of ether oxygens (including phenoxy) is 1. The lowest BCUT2D eigenvalue weighted by Crippen LogP contribution is -2.15. The van der Waals surface area contributed by atoms with Gasteiger partial charge in [-0.15, -0.1) is 11.3 Å². The van der Waals surface area contributed by atoms with Crippen molar-refractivity contribution >= 4 is 38.9 Å². The van der Waals surface area contributed by atoms with Crippen LogP contribution >= 0.6 is 38.9 Å². The Kier molecular flexibility index (Phi) is 4.61. The van der Waals surface area contributed by atoms with E-state index in [2.05, 4.69) is 26.2 Å². The average molecular weight is 374 g/mol. The predicted molar refractivity (Wildman–Crippen MR) is 85.5 cm³/mol. The van der Waals surface area contributed by atoms with E-state index in [4.69, 9.17) is 16.3 Å². The first kappa shape index (κ1) is 14.3. The van der Waals surface area contributed by atoms with Gasteiger partial charge in [-0.1, -0.05) is 27.5 Å². The Hall–Kier alpha value is -0.620. The number of rotatable bonds is 6. The number of benzene rings is 1. The van der Waals surface area contributed by atoms with Crippen molar-refractivity contribution in [1.82, 2.24) is 10.3 Å². The minimum atomic E-state index is 0.446. The van der Waals surface area contributed by atoms with Crippen molar-refractivity contribution in [3.05, 3.63) is 43.8 Å². The molecule has 0 aliphatic heterocycles. The van der Waals surface area contributed by atoms with E-state index in [1.54, 1.807) is 11.3 Å². The summed E-state index contributed by atoms with van der Waals surface area (Å²) in [4.78, 5) is 4.55. The zero-order valence-electron chi connectivity index (χ0n) is 10.7. The van der Waals surface area contributed by atoms with E-state index in [1.165, 1.54) is 12.8 Å². The van der Waals surface area contributed by atoms with Crippen LogP contribution in [0.3, 0.4) is 0 Å². The second kappa shape index (κ2) is 6.43. The SMILES string of the molecule is Clc1cc(Br)ccc1OCc1csc(CNC2CC2)n1. The number of nitrogens with one attached hydrogen (secondary N) is 1. The number of halogens is 2. The lowest BCUT2D eigenvalue weighted by molar-refractivity contribution is 0.302. The highest BCUT2D eigenvalue weighted by Gasteiger charge is 2.20. The van der Waals surface area contributed by atoms with Crippen LogP contribution in [0.15, 0.2) is 28.1 Å². The van der Waals surface area contributed by atoms with Crippen molar-refractivity contribution in [2.45, 2.75) is 32.0 Å². The summed E-state index contributed by atoms with van der Waals surface area (Å²) in [5.74, 6) is 0.681. The molecule has 1 N–H and O–H groups in total. The van der Waals surface area contributed by atoms with Crippen LogP contribution < -0.4 is 10.1 Å². The van der Waals surface area contributed by atoms with Crippen molar-refractivity contribution in [3.63, 3.8) is 0 Å². The number of hydrogen-bond donors (Lipinski definition) is 1. The molecule has 1 heterocycles. The Bertz CT molecular complexity index is 601. The van der Waals surface area contributed by atoms with Gasteiger partial charge < -0.3 is 10.1 Å². The van der Waals surface area contributed by atoms with Crippen molar-refractivity contribution in [1.29, 1.82) is 0 Å². The minimum absolute atomic E-state index is 0.446. The quantitative estimate of drug-likeness (QED) is 0.815. The molecule has 1 aliphatic carbocycles. The standard InChI is InChI=1S/C14H14BrClN2OS/c15-9-1-4-13(12(16)5-9)19-7-11-8-20-14(18-11)6-17-10-2-3-10/h1,4-5,8,10,17H,2-3,6-7H2. The molecule has 0 spiro atoms. The van der Waals surface area contributed by atoms with Gasteiger partial charge in [-0.25, -0.2) is 4.98 Å². The van der Waals surface area contributed by atoms with E-state index in [1.807, 2.05) is 23.6 Å². The molecule has 0 bridgehead atoms. The summed E-state index contributed by atoms with van der Waals surface area (Å²) in [7, 11) is 0. The molecular weight excluding hydrogens is 360 g/mol. The summed E-state index contributed by atoms with van der Waals surface area (Å²) >= 11 is 11.1. The largest absolute Gasteiger partial charge is 0.486 e. The van der Waals surface area contributed by atoms with E-state index >= 15 is 0 Å². The normalized spacial score (nSPS) is 14.5. The number of thiazole rings is 1. The number of aromatic nitrogens is 1. The Morgan fingerprint density at radius 1 is 1.45 bits per heavy atom. The summed E-state index contributed by atoms with van der Waals surface area (Å²) in [6.07, 6.45) is 2.59. The van der Waals surface area contributed by atoms with Gasteiger partial charge in [-0.2, -0.15) is 0 Å². The van der Waals surface area contributed by atoms with Gasteiger partial charge in [0.2, 0.25) is 0 Å². The molecule has 0 radical (unpaired) electrons. The zero-order valence-corrected chi connectivity index (χ0v) is 13.9. The van der Waals surface area contributed by atoms with E-state index in [9.17, 15) is 0 Å². The Balaban J connectivity index is 1.54. The van der Waals surface area contributed by atoms with Gasteiger partial charge in [0.05, 0.1) is 10.7 Å². The topological polar surface area (TPSA) is 34.1 Å². The van der Waals surface area contributed by atoms with Gasteiger partial charge in [0.1, 0.15) is 17.4 Å². The van der Waals surface area contributed by atoms with Gasteiger partial charge in [0.25, 0.3) is 0 Å². The third-order valence-electron chi connectivity index (χ3n) is 2.99. The molecule has 3 nitrogen and oxygen atoms in total. The fraction of sp³-hybridized carbons (Fsp3) is 0.357. The number of nitrogens with zero attached hydrogens (tertiary/aromatic N) is 1. The average Bonchev–Trinajstić information content (AvgIpc) is 3.14. The van der Waals surface area contributed by atoms with Gasteiger partial charge in [-0.05, 0) is 31.0 Å². The molecule has 106 valence electrons. The third-order valence-corrected chi connectivity index (χ3v) is 4.67. The molecule has 6 heteroatoms. The summed E-state index contributed by atoms with van der Waals surface area (Å²) in [6.45, 7) is 1.30. The molecule has 1 aliphatic rings. The fourth-order valence-electron chi connectivity index (χ4n) is 1.76. The molecule has 2 aromatic rings. The highest BCUT2D eigenvalue weighted by molar-refractivity contribution is 9.10. The van der Waals surface area contributed by atoms with Gasteiger partial charge >= 0.3 is 0 Å². The maximum Gasteiger partial charge on any atom is 0.138 e. The van der Waals surface area contributed by atoms with Crippen molar-refractivity contribution in [3.8, 4) is 5.75 Å². The summed E-state index contributed by atoms with van der Waals surface area (Å²) in [5.41, 5.74) is 0.946. The predicted octanol–water partition coefficient (Wildman–Crippen LogP) is 4.39. The van der Waals surface area contributed by atoms with Gasteiger partial charge in [0, 0.05) is 22.4 Å². The minimum Gasteiger partial charge on any atom is -0.486 e. The summed E-state index contributed by atoms with van der Waals surface area (Å²) in [5, 5.41) is 7.21. The van der Waals surface area contributed by atoms with Crippen LogP contribution in [-0.4, -0.2) is 11.0 Å². The molecule has 0 unspecified atom stereocenters. The summed E-state index contributed by atoms with van der Waals surface area (Å²) in [6, 6.07) is 6.30. The van der Waals surface area contributed by atoms with Crippen molar-refractivity contribution in [2.75, 3.05) is 0 Å². The van der Waals surface area contributed by atoms with Crippen LogP contribution in [0.2, 0.25) is 5.02 Å². The van der Waals surface area contributed by atoms with E-state index in [0.717, 1.165) is 21.7 Å². The van der Waals surface area contributed by atoms with Crippen LogP contribution in [0, 0.1) is 0 Å². The van der Waals surface area contributed by atoms with E-state index in [-0.39, 0.29) is 0 Å². The summed E-state index contributed by atoms with van der Waals surface area (Å²) < 4.78 is 6.64. The Labute approximate surface area is 135 Å². The van der Waals surface area contributed by atoms with Gasteiger partial charge in [0.15, 0.2) is 0 Å².